The normalized spacial score (nSPS) is 16.8. The lowest BCUT2D eigenvalue weighted by atomic mass is 9.87. The molecule has 0 aromatic carbocycles. The summed E-state index contributed by atoms with van der Waals surface area (Å²) in [5.74, 6) is -66.4. The summed E-state index contributed by atoms with van der Waals surface area (Å²) < 4.78 is 249. The second kappa shape index (κ2) is 8.16. The van der Waals surface area contributed by atoms with Crippen molar-refractivity contribution in [3.8, 4) is 0 Å². The highest BCUT2D eigenvalue weighted by molar-refractivity contribution is 6.72. The third-order valence-corrected chi connectivity index (χ3v) is 5.49. The largest absolute Gasteiger partial charge is 0.460 e. The van der Waals surface area contributed by atoms with Crippen LogP contribution in [0.3, 0.4) is 0 Å². The molecule has 0 spiro atoms. The van der Waals surface area contributed by atoms with E-state index in [4.69, 9.17) is 10.8 Å². The molecular formula is C12H11F19N2Si. The number of alkyl halides is 19. The molecule has 0 aliphatic heterocycles. The SMILES string of the molecule is C[Si](N)(N)CCC(F)(F)C(F)(F)C(F)(F)C(F)(F)C(F)(F)C(F)(F)C(F)(F)C(F)(F)C(F)(F)F. The molecule has 0 saturated heterocycles. The molecule has 22 heteroatoms. The summed E-state index contributed by atoms with van der Waals surface area (Å²) in [5.41, 5.74) is 0. The Morgan fingerprint density at radius 2 is 0.676 bits per heavy atom. The Kier molecular flexibility index (Phi) is 7.88. The first-order valence-electron chi connectivity index (χ1n) is 7.88. The van der Waals surface area contributed by atoms with Gasteiger partial charge in [-0.1, -0.05) is 0 Å². The van der Waals surface area contributed by atoms with Gasteiger partial charge in [0.15, 0.2) is 8.40 Å². The Bertz CT molecular complexity index is 735. The minimum atomic E-state index is -8.91. The van der Waals surface area contributed by atoms with Crippen molar-refractivity contribution >= 4 is 8.40 Å². The van der Waals surface area contributed by atoms with Crippen molar-refractivity contribution in [2.75, 3.05) is 0 Å². The fourth-order valence-electron chi connectivity index (χ4n) is 1.98. The molecule has 0 aliphatic carbocycles. The number of halogens is 19. The van der Waals surface area contributed by atoms with Gasteiger partial charge in [0.1, 0.15) is 0 Å². The van der Waals surface area contributed by atoms with E-state index in [0.717, 1.165) is 0 Å². The first-order chi connectivity index (χ1) is 14.2. The van der Waals surface area contributed by atoms with Crippen molar-refractivity contribution in [3.63, 3.8) is 0 Å². The summed E-state index contributed by atoms with van der Waals surface area (Å²) in [5, 5.41) is 9.94. The predicted octanol–water partition coefficient (Wildman–Crippen LogP) is 6.01. The van der Waals surface area contributed by atoms with Gasteiger partial charge in [-0.05, 0) is 12.6 Å². The van der Waals surface area contributed by atoms with Crippen molar-refractivity contribution in [1.29, 1.82) is 0 Å². The molecule has 206 valence electrons. The van der Waals surface area contributed by atoms with Crippen LogP contribution in [0.1, 0.15) is 6.42 Å². The van der Waals surface area contributed by atoms with Gasteiger partial charge < -0.3 is 10.8 Å². The second-order valence-corrected chi connectivity index (χ2v) is 10.7. The first-order valence-corrected chi connectivity index (χ1v) is 10.7. The Hall–Kier alpha value is -1.19. The van der Waals surface area contributed by atoms with Gasteiger partial charge in [-0.25, -0.2) is 0 Å². The maximum Gasteiger partial charge on any atom is 0.460 e. The molecule has 0 fully saturated rings. The quantitative estimate of drug-likeness (QED) is 0.249. The van der Waals surface area contributed by atoms with Crippen LogP contribution in [0, 0.1) is 0 Å². The Morgan fingerprint density at radius 1 is 0.441 bits per heavy atom. The summed E-state index contributed by atoms with van der Waals surface area (Å²) >= 11 is 0. The Balaban J connectivity index is 6.77. The number of hydrogen-bond acceptors (Lipinski definition) is 2. The smallest absolute Gasteiger partial charge is 0.339 e. The molecular weight excluding hydrogens is 561 g/mol. The topological polar surface area (TPSA) is 52.0 Å². The van der Waals surface area contributed by atoms with Crippen LogP contribution >= 0.6 is 0 Å². The molecule has 0 unspecified atom stereocenters. The lowest BCUT2D eigenvalue weighted by molar-refractivity contribution is -0.468. The Morgan fingerprint density at radius 3 is 0.912 bits per heavy atom. The van der Waals surface area contributed by atoms with Crippen LogP contribution in [0.2, 0.25) is 12.6 Å². The van der Waals surface area contributed by atoms with Crippen LogP contribution in [0.4, 0.5) is 83.4 Å². The van der Waals surface area contributed by atoms with Gasteiger partial charge >= 0.3 is 53.6 Å². The number of nitrogens with two attached hydrogens (primary N) is 2. The van der Waals surface area contributed by atoms with E-state index in [1.165, 1.54) is 0 Å². The van der Waals surface area contributed by atoms with E-state index >= 15 is 0 Å². The zero-order valence-corrected chi connectivity index (χ0v) is 16.8. The molecule has 0 aromatic rings. The summed E-state index contributed by atoms with van der Waals surface area (Å²) in [6, 6.07) is -1.53. The molecule has 0 rings (SSSR count). The average Bonchev–Trinajstić information content (AvgIpc) is 2.57. The third kappa shape index (κ3) is 4.52. The fourth-order valence-corrected chi connectivity index (χ4v) is 2.83. The lowest BCUT2D eigenvalue weighted by Crippen LogP contribution is -2.75. The zero-order chi connectivity index (χ0) is 28.4. The molecule has 0 amide bonds. The number of hydrogen-bond donors (Lipinski definition) is 2. The van der Waals surface area contributed by atoms with Gasteiger partial charge in [-0.2, -0.15) is 83.4 Å². The molecule has 2 nitrogen and oxygen atoms in total. The van der Waals surface area contributed by atoms with Crippen LogP contribution in [0.15, 0.2) is 0 Å². The highest BCUT2D eigenvalue weighted by Gasteiger charge is 2.96. The number of rotatable bonds is 10. The summed E-state index contributed by atoms with van der Waals surface area (Å²) in [4.78, 5) is 0. The van der Waals surface area contributed by atoms with E-state index in [1.807, 2.05) is 0 Å². The Labute approximate surface area is 176 Å². The van der Waals surface area contributed by atoms with Gasteiger partial charge in [0, 0.05) is 6.42 Å². The molecule has 0 radical (unpaired) electrons. The standard InChI is InChI=1S/C12H11F19N2Si/c1-34(32,33)3-2-4(13,14)5(15,16)6(17,18)7(19,20)8(21,22)9(23,24)10(25,26)11(27,28)12(29,30)31/h2-3,32-33H2,1H3. The molecule has 0 aliphatic rings. The molecule has 4 N–H and O–H groups in total. The molecule has 34 heavy (non-hydrogen) atoms. The lowest BCUT2D eigenvalue weighted by Gasteiger charge is -2.44. The third-order valence-electron chi connectivity index (χ3n) is 4.16. The molecule has 0 atom stereocenters. The first kappa shape index (κ1) is 32.8. The summed E-state index contributed by atoms with van der Waals surface area (Å²) in [6.07, 6.45) is -10.6. The predicted molar refractivity (Wildman–Crippen MR) is 75.0 cm³/mol. The maximum atomic E-state index is 13.5. The van der Waals surface area contributed by atoms with E-state index in [1.54, 1.807) is 0 Å². The van der Waals surface area contributed by atoms with Crippen molar-refractivity contribution in [3.05, 3.63) is 0 Å². The van der Waals surface area contributed by atoms with Crippen LogP contribution in [0.5, 0.6) is 0 Å². The molecule has 0 aromatic heterocycles. The van der Waals surface area contributed by atoms with Crippen molar-refractivity contribution in [2.24, 2.45) is 10.8 Å². The van der Waals surface area contributed by atoms with E-state index < -0.39 is 74.4 Å². The minimum absolute atomic E-state index is 0.700. The van der Waals surface area contributed by atoms with Gasteiger partial charge in [0.2, 0.25) is 0 Å². The fraction of sp³-hybridized carbons (Fsp3) is 1.00. The minimum Gasteiger partial charge on any atom is -0.339 e. The summed E-state index contributed by atoms with van der Waals surface area (Å²) in [7, 11) is -3.88. The highest BCUT2D eigenvalue weighted by Crippen LogP contribution is 2.65. The van der Waals surface area contributed by atoms with Gasteiger partial charge in [0.05, 0.1) is 0 Å². The van der Waals surface area contributed by atoms with E-state index in [0.29, 0.717) is 6.55 Å². The average molecular weight is 572 g/mol. The van der Waals surface area contributed by atoms with Crippen LogP contribution < -0.4 is 10.8 Å². The van der Waals surface area contributed by atoms with E-state index in [9.17, 15) is 83.4 Å². The monoisotopic (exact) mass is 572 g/mol. The van der Waals surface area contributed by atoms with Crippen LogP contribution in [-0.2, 0) is 0 Å². The second-order valence-electron chi connectivity index (χ2n) is 7.23. The van der Waals surface area contributed by atoms with E-state index in [2.05, 4.69) is 0 Å². The van der Waals surface area contributed by atoms with Gasteiger partial charge in [0.25, 0.3) is 0 Å². The zero-order valence-electron chi connectivity index (χ0n) is 15.8. The van der Waals surface area contributed by atoms with Gasteiger partial charge in [-0.15, -0.1) is 0 Å². The van der Waals surface area contributed by atoms with Crippen molar-refractivity contribution < 1.29 is 83.4 Å². The highest BCUT2D eigenvalue weighted by atomic mass is 28.3. The van der Waals surface area contributed by atoms with E-state index in [-0.39, 0.29) is 0 Å². The van der Waals surface area contributed by atoms with Crippen molar-refractivity contribution in [1.82, 2.24) is 0 Å². The summed E-state index contributed by atoms with van der Waals surface area (Å²) in [6.45, 7) is 0.700. The maximum absolute atomic E-state index is 13.5. The van der Waals surface area contributed by atoms with Crippen molar-refractivity contribution in [2.45, 2.75) is 72.6 Å². The molecule has 0 heterocycles. The molecule has 0 bridgehead atoms. The van der Waals surface area contributed by atoms with Gasteiger partial charge in [-0.3, -0.25) is 0 Å². The van der Waals surface area contributed by atoms with Crippen LogP contribution in [0.25, 0.3) is 0 Å². The van der Waals surface area contributed by atoms with Crippen LogP contribution in [-0.4, -0.2) is 62.0 Å². The molecule has 0 saturated carbocycles.